The summed E-state index contributed by atoms with van der Waals surface area (Å²) in [5.74, 6) is -0.237. The van der Waals surface area contributed by atoms with Gasteiger partial charge in [0.15, 0.2) is 0 Å². The zero-order valence-corrected chi connectivity index (χ0v) is 20.0. The molecule has 0 N–H and O–H groups in total. The van der Waals surface area contributed by atoms with Gasteiger partial charge in [0.2, 0.25) is 0 Å². The van der Waals surface area contributed by atoms with E-state index in [1.165, 1.54) is 15.9 Å². The monoisotopic (exact) mass is 453 g/mol. The Morgan fingerprint density at radius 2 is 1.30 bits per heavy atom. The molecular weight excluding hydrogens is 423 g/mol. The molecule has 0 spiro atoms. The lowest BCUT2D eigenvalue weighted by Crippen LogP contribution is -2.33. The van der Waals surface area contributed by atoms with Gasteiger partial charge in [0.05, 0.1) is 18.3 Å². The molecule has 0 fully saturated rings. The Balaban J connectivity index is 1.60. The van der Waals surface area contributed by atoms with E-state index in [1.54, 1.807) is 0 Å². The maximum absolute atomic E-state index is 12.7. The van der Waals surface area contributed by atoms with E-state index in [2.05, 4.69) is 97.6 Å². The number of carbonyl (C=O) groups excluding carboxylic acids is 1. The molecule has 3 aromatic carbocycles. The van der Waals surface area contributed by atoms with E-state index in [9.17, 15) is 4.79 Å². The first-order valence-electron chi connectivity index (χ1n) is 11.4. The molecule has 0 radical (unpaired) electrons. The molecule has 0 bridgehead atoms. The van der Waals surface area contributed by atoms with Crippen LogP contribution in [0.1, 0.15) is 19.8 Å². The fraction of sp³-hybridized carbons (Fsp3) is 0.167. The van der Waals surface area contributed by atoms with Gasteiger partial charge in [0, 0.05) is 6.42 Å². The smallest absolute Gasteiger partial charge is 0.338 e. The fourth-order valence-electron chi connectivity index (χ4n) is 4.51. The van der Waals surface area contributed by atoms with Crippen LogP contribution in [0.15, 0.2) is 126 Å². The molecular formula is C30H30O2P+. The Bertz CT molecular complexity index is 1070. The van der Waals surface area contributed by atoms with Gasteiger partial charge in [-0.05, 0) is 55.8 Å². The molecule has 3 heteroatoms. The first-order chi connectivity index (χ1) is 16.1. The van der Waals surface area contributed by atoms with Crippen molar-refractivity contribution in [3.8, 4) is 0 Å². The van der Waals surface area contributed by atoms with Crippen LogP contribution in [-0.2, 0) is 9.53 Å². The Labute approximate surface area is 197 Å². The molecule has 1 aliphatic carbocycles. The first kappa shape index (κ1) is 23.0. The number of benzene rings is 3. The minimum atomic E-state index is -1.89. The molecule has 1 aliphatic rings. The highest BCUT2D eigenvalue weighted by molar-refractivity contribution is 7.95. The van der Waals surface area contributed by atoms with Crippen molar-refractivity contribution in [2.24, 2.45) is 0 Å². The van der Waals surface area contributed by atoms with Crippen molar-refractivity contribution in [1.82, 2.24) is 0 Å². The zero-order valence-electron chi connectivity index (χ0n) is 19.1. The van der Waals surface area contributed by atoms with Gasteiger partial charge in [-0.2, -0.15) is 0 Å². The van der Waals surface area contributed by atoms with E-state index >= 15 is 0 Å². The second-order valence-corrected chi connectivity index (χ2v) is 12.0. The zero-order chi connectivity index (χ0) is 23.1. The lowest BCUT2D eigenvalue weighted by atomic mass is 9.96. The average Bonchev–Trinajstić information content (AvgIpc) is 2.86. The van der Waals surface area contributed by atoms with Gasteiger partial charge >= 0.3 is 5.97 Å². The average molecular weight is 454 g/mol. The van der Waals surface area contributed by atoms with E-state index in [0.717, 1.165) is 30.1 Å². The van der Waals surface area contributed by atoms with E-state index in [4.69, 9.17) is 4.74 Å². The summed E-state index contributed by atoms with van der Waals surface area (Å²) in [6, 6.07) is 32.4. The minimum Gasteiger partial charge on any atom is -0.462 e. The van der Waals surface area contributed by atoms with Crippen molar-refractivity contribution >= 4 is 29.1 Å². The predicted molar refractivity (Wildman–Crippen MR) is 141 cm³/mol. The highest BCUT2D eigenvalue weighted by Crippen LogP contribution is 2.55. The second-order valence-electron chi connectivity index (χ2n) is 8.39. The molecule has 0 amide bonds. The van der Waals surface area contributed by atoms with Gasteiger partial charge in [-0.15, -0.1) is 0 Å². The van der Waals surface area contributed by atoms with Crippen LogP contribution < -0.4 is 15.9 Å². The van der Waals surface area contributed by atoms with Crippen LogP contribution in [0.3, 0.4) is 0 Å². The summed E-state index contributed by atoms with van der Waals surface area (Å²) in [6.45, 7) is 6.35. The van der Waals surface area contributed by atoms with Gasteiger partial charge < -0.3 is 4.74 Å². The van der Waals surface area contributed by atoms with Crippen LogP contribution in [0, 0.1) is 0 Å². The Morgan fingerprint density at radius 1 is 0.818 bits per heavy atom. The van der Waals surface area contributed by atoms with Gasteiger partial charge in [-0.3, -0.25) is 0 Å². The maximum Gasteiger partial charge on any atom is 0.338 e. The molecule has 2 nitrogen and oxygen atoms in total. The van der Waals surface area contributed by atoms with Gasteiger partial charge in [0.25, 0.3) is 0 Å². The van der Waals surface area contributed by atoms with Crippen LogP contribution in [0.5, 0.6) is 0 Å². The number of ether oxygens (including phenoxy) is 1. The molecule has 0 unspecified atom stereocenters. The SMILES string of the molecule is C=C1C=CC(C(=O)OCCC[P+](c2ccccc2)(c2ccccc2)c2ccccc2)=C(C)C1. The summed E-state index contributed by atoms with van der Waals surface area (Å²) >= 11 is 0. The fourth-order valence-corrected chi connectivity index (χ4v) is 8.82. The molecule has 0 saturated carbocycles. The molecule has 0 atom stereocenters. The third-order valence-corrected chi connectivity index (χ3v) is 10.6. The summed E-state index contributed by atoms with van der Waals surface area (Å²) in [6.07, 6.45) is 6.19. The summed E-state index contributed by atoms with van der Waals surface area (Å²) in [7, 11) is -1.89. The highest BCUT2D eigenvalue weighted by atomic mass is 31.2. The number of allylic oxidation sites excluding steroid dienone is 3. The lowest BCUT2D eigenvalue weighted by Gasteiger charge is -2.27. The Morgan fingerprint density at radius 3 is 1.76 bits per heavy atom. The third-order valence-electron chi connectivity index (χ3n) is 6.12. The topological polar surface area (TPSA) is 26.3 Å². The maximum atomic E-state index is 12.7. The second kappa shape index (κ2) is 10.6. The molecule has 166 valence electrons. The number of rotatable bonds is 8. The van der Waals surface area contributed by atoms with Crippen molar-refractivity contribution in [1.29, 1.82) is 0 Å². The summed E-state index contributed by atoms with van der Waals surface area (Å²) in [5.41, 5.74) is 2.71. The largest absolute Gasteiger partial charge is 0.462 e. The van der Waals surface area contributed by atoms with Crippen LogP contribution in [0.2, 0.25) is 0 Å². The van der Waals surface area contributed by atoms with Crippen LogP contribution in [0.4, 0.5) is 0 Å². The molecule has 0 aliphatic heterocycles. The van der Waals surface area contributed by atoms with Crippen molar-refractivity contribution in [2.75, 3.05) is 12.8 Å². The normalized spacial score (nSPS) is 13.8. The third kappa shape index (κ3) is 5.07. The summed E-state index contributed by atoms with van der Waals surface area (Å²) < 4.78 is 5.73. The molecule has 4 rings (SSSR count). The van der Waals surface area contributed by atoms with E-state index in [-0.39, 0.29) is 5.97 Å². The summed E-state index contributed by atoms with van der Waals surface area (Å²) in [5, 5.41) is 4.04. The number of esters is 1. The lowest BCUT2D eigenvalue weighted by molar-refractivity contribution is -0.138. The van der Waals surface area contributed by atoms with Crippen LogP contribution >= 0.6 is 7.26 Å². The molecule has 3 aromatic rings. The summed E-state index contributed by atoms with van der Waals surface area (Å²) in [4.78, 5) is 12.7. The van der Waals surface area contributed by atoms with Crippen molar-refractivity contribution in [3.63, 3.8) is 0 Å². The minimum absolute atomic E-state index is 0.237. The van der Waals surface area contributed by atoms with Crippen molar-refractivity contribution in [2.45, 2.75) is 19.8 Å². The Kier molecular flexibility index (Phi) is 7.37. The number of carbonyl (C=O) groups is 1. The number of hydrogen-bond donors (Lipinski definition) is 0. The van der Waals surface area contributed by atoms with Crippen LogP contribution in [0.25, 0.3) is 0 Å². The van der Waals surface area contributed by atoms with Crippen LogP contribution in [-0.4, -0.2) is 18.7 Å². The van der Waals surface area contributed by atoms with E-state index in [1.807, 2.05) is 19.1 Å². The molecule has 0 aromatic heterocycles. The predicted octanol–water partition coefficient (Wildman–Crippen LogP) is 5.75. The quantitative estimate of drug-likeness (QED) is 0.247. The van der Waals surface area contributed by atoms with E-state index < -0.39 is 7.26 Å². The van der Waals surface area contributed by atoms with Gasteiger partial charge in [0.1, 0.15) is 23.2 Å². The number of hydrogen-bond acceptors (Lipinski definition) is 2. The Hall–Kier alpha value is -3.22. The van der Waals surface area contributed by atoms with Gasteiger partial charge in [-0.1, -0.05) is 78.4 Å². The van der Waals surface area contributed by atoms with Crippen molar-refractivity contribution in [3.05, 3.63) is 126 Å². The first-order valence-corrected chi connectivity index (χ1v) is 13.4. The molecule has 0 heterocycles. The van der Waals surface area contributed by atoms with Crippen molar-refractivity contribution < 1.29 is 9.53 Å². The molecule has 33 heavy (non-hydrogen) atoms. The molecule has 0 saturated heterocycles. The highest BCUT2D eigenvalue weighted by Gasteiger charge is 2.44. The van der Waals surface area contributed by atoms with Gasteiger partial charge in [-0.25, -0.2) is 4.79 Å². The standard InChI is InChI=1S/C30H30O2P/c1-24-19-20-29(25(2)23-24)30(31)32-21-12-22-33(26-13-6-3-7-14-26,27-15-8-4-9-16-27)28-17-10-5-11-18-28/h3-11,13-20H,1,12,21-23H2,2H3/q+1. The van der Waals surface area contributed by atoms with E-state index in [0.29, 0.717) is 12.2 Å².